The summed E-state index contributed by atoms with van der Waals surface area (Å²) < 4.78 is 12.7. The molecule has 4 aromatic carbocycles. The summed E-state index contributed by atoms with van der Waals surface area (Å²) >= 11 is 0. The molecule has 0 radical (unpaired) electrons. The van der Waals surface area contributed by atoms with Gasteiger partial charge in [-0.15, -0.1) is 0 Å². The number of fused-ring (bicyclic) bond motifs is 3. The molecule has 0 saturated heterocycles. The third-order valence-electron chi connectivity index (χ3n) is 7.49. The molecule has 0 aromatic heterocycles. The van der Waals surface area contributed by atoms with E-state index in [1.165, 1.54) is 51.1 Å². The van der Waals surface area contributed by atoms with E-state index in [4.69, 9.17) is 9.47 Å². The van der Waals surface area contributed by atoms with Crippen molar-refractivity contribution in [2.24, 2.45) is 11.8 Å². The van der Waals surface area contributed by atoms with Crippen LogP contribution in [0.5, 0.6) is 11.5 Å². The van der Waals surface area contributed by atoms with Gasteiger partial charge in [0.2, 0.25) is 0 Å². The zero-order valence-electron chi connectivity index (χ0n) is 22.8. The van der Waals surface area contributed by atoms with Gasteiger partial charge in [0.1, 0.15) is 0 Å². The molecule has 36 heavy (non-hydrogen) atoms. The maximum atomic E-state index is 6.41. The third kappa shape index (κ3) is 5.69. The molecule has 2 heteroatoms. The summed E-state index contributed by atoms with van der Waals surface area (Å²) in [6.07, 6.45) is 5.60. The zero-order chi connectivity index (χ0) is 25.5. The lowest BCUT2D eigenvalue weighted by Gasteiger charge is -2.21. The van der Waals surface area contributed by atoms with Gasteiger partial charge < -0.3 is 9.47 Å². The minimum atomic E-state index is 0.498. The second kappa shape index (κ2) is 12.3. The molecule has 0 spiro atoms. The van der Waals surface area contributed by atoms with Crippen molar-refractivity contribution in [1.29, 1.82) is 0 Å². The minimum Gasteiger partial charge on any atom is -0.489 e. The second-order valence-electron chi connectivity index (χ2n) is 10.4. The maximum absolute atomic E-state index is 6.41. The lowest BCUT2D eigenvalue weighted by atomic mass is 9.86. The van der Waals surface area contributed by atoms with E-state index >= 15 is 0 Å². The normalized spacial score (nSPS) is 13.1. The quantitative estimate of drug-likeness (QED) is 0.187. The van der Waals surface area contributed by atoms with E-state index in [1.54, 1.807) is 0 Å². The van der Waals surface area contributed by atoms with Gasteiger partial charge in [-0.2, -0.15) is 0 Å². The van der Waals surface area contributed by atoms with Gasteiger partial charge in [0.15, 0.2) is 11.5 Å². The zero-order valence-corrected chi connectivity index (χ0v) is 22.8. The summed E-state index contributed by atoms with van der Waals surface area (Å²) in [6.45, 7) is 12.6. The summed E-state index contributed by atoms with van der Waals surface area (Å²) in [5, 5.41) is 5.31. The highest BCUT2D eigenvalue weighted by molar-refractivity contribution is 6.15. The molecule has 0 heterocycles. The fourth-order valence-electron chi connectivity index (χ4n) is 4.75. The summed E-state index contributed by atoms with van der Waals surface area (Å²) in [5.41, 5.74) is 3.98. The Labute approximate surface area is 217 Å². The first-order chi connectivity index (χ1) is 17.6. The Morgan fingerprint density at radius 2 is 1.19 bits per heavy atom. The number of rotatable bonds is 12. The molecule has 0 saturated carbocycles. The lowest BCUT2D eigenvalue weighted by Crippen LogP contribution is -2.11. The molecule has 0 aliphatic rings. The maximum Gasteiger partial charge on any atom is 0.161 e. The number of unbranched alkanes of at least 4 members (excludes halogenated alkanes) is 1. The highest BCUT2D eigenvalue weighted by Crippen LogP contribution is 2.42. The molecule has 0 amide bonds. The van der Waals surface area contributed by atoms with Gasteiger partial charge >= 0.3 is 0 Å². The molecule has 4 rings (SSSR count). The molecule has 0 fully saturated rings. The molecule has 0 aliphatic carbocycles. The van der Waals surface area contributed by atoms with Gasteiger partial charge in [-0.05, 0) is 75.0 Å². The van der Waals surface area contributed by atoms with E-state index in [-0.39, 0.29) is 0 Å². The molecule has 0 N–H and O–H groups in total. The van der Waals surface area contributed by atoms with Crippen LogP contribution in [-0.2, 0) is 6.42 Å². The van der Waals surface area contributed by atoms with E-state index in [1.807, 2.05) is 0 Å². The fraction of sp³-hybridized carbons (Fsp3) is 0.412. The van der Waals surface area contributed by atoms with Crippen molar-refractivity contribution in [2.75, 3.05) is 13.2 Å². The van der Waals surface area contributed by atoms with Gasteiger partial charge in [0, 0.05) is 0 Å². The predicted octanol–water partition coefficient (Wildman–Crippen LogP) is 9.85. The number of benzene rings is 4. The van der Waals surface area contributed by atoms with Crippen LogP contribution < -0.4 is 9.47 Å². The minimum absolute atomic E-state index is 0.498. The Morgan fingerprint density at radius 3 is 1.81 bits per heavy atom. The molecular formula is C34H42O2. The van der Waals surface area contributed by atoms with Crippen molar-refractivity contribution in [3.05, 3.63) is 72.3 Å². The Bertz CT molecular complexity index is 1290. The van der Waals surface area contributed by atoms with E-state index in [0.717, 1.165) is 30.8 Å². The van der Waals surface area contributed by atoms with Crippen LogP contribution in [0.1, 0.15) is 65.9 Å². The average molecular weight is 483 g/mol. The Kier molecular flexibility index (Phi) is 8.91. The predicted molar refractivity (Wildman–Crippen MR) is 155 cm³/mol. The van der Waals surface area contributed by atoms with Gasteiger partial charge in [-0.3, -0.25) is 0 Å². The number of hydrogen-bond acceptors (Lipinski definition) is 2. The van der Waals surface area contributed by atoms with Crippen molar-refractivity contribution >= 4 is 21.5 Å². The number of ether oxygens (including phenoxy) is 2. The molecule has 4 aromatic rings. The SMILES string of the molecule is CCCCc1c(-c2ccc(OCC(C)CC)c(OCC(C)CC)c2)c2ccccc2c2ccccc12. The molecule has 0 bridgehead atoms. The average Bonchev–Trinajstić information content (AvgIpc) is 2.93. The number of hydrogen-bond donors (Lipinski definition) is 0. The van der Waals surface area contributed by atoms with Crippen LogP contribution in [0, 0.1) is 11.8 Å². The van der Waals surface area contributed by atoms with Crippen molar-refractivity contribution in [1.82, 2.24) is 0 Å². The van der Waals surface area contributed by atoms with Gasteiger partial charge in [-0.1, -0.05) is 108 Å². The van der Waals surface area contributed by atoms with Crippen LogP contribution in [0.4, 0.5) is 0 Å². The van der Waals surface area contributed by atoms with Crippen LogP contribution in [0.25, 0.3) is 32.7 Å². The van der Waals surface area contributed by atoms with E-state index in [0.29, 0.717) is 25.0 Å². The highest BCUT2D eigenvalue weighted by atomic mass is 16.5. The van der Waals surface area contributed by atoms with Crippen LogP contribution in [-0.4, -0.2) is 13.2 Å². The molecule has 2 unspecified atom stereocenters. The fourth-order valence-corrected chi connectivity index (χ4v) is 4.75. The van der Waals surface area contributed by atoms with E-state index < -0.39 is 0 Å². The molecule has 0 aliphatic heterocycles. The molecular weight excluding hydrogens is 440 g/mol. The standard InChI is InChI=1S/C34H42O2/c1-6-9-14-30-28-16-11-10-15-27(28)29-17-12-13-18-31(29)34(30)26-19-20-32(35-22-24(4)7-2)33(21-26)36-23-25(5)8-3/h10-13,15-21,24-25H,6-9,14,22-23H2,1-5H3. The van der Waals surface area contributed by atoms with Crippen LogP contribution in [0.3, 0.4) is 0 Å². The molecule has 2 nitrogen and oxygen atoms in total. The Balaban J connectivity index is 1.90. The van der Waals surface area contributed by atoms with Crippen LogP contribution in [0.2, 0.25) is 0 Å². The Hall–Kier alpha value is -3.00. The van der Waals surface area contributed by atoms with E-state index in [9.17, 15) is 0 Å². The summed E-state index contributed by atoms with van der Waals surface area (Å²) in [6, 6.07) is 24.3. The topological polar surface area (TPSA) is 18.5 Å². The van der Waals surface area contributed by atoms with Crippen LogP contribution >= 0.6 is 0 Å². The van der Waals surface area contributed by atoms with Crippen LogP contribution in [0.15, 0.2) is 66.7 Å². The Morgan fingerprint density at radius 1 is 0.639 bits per heavy atom. The largest absolute Gasteiger partial charge is 0.489 e. The first-order valence-electron chi connectivity index (χ1n) is 13.9. The van der Waals surface area contributed by atoms with E-state index in [2.05, 4.69) is 101 Å². The molecule has 190 valence electrons. The monoisotopic (exact) mass is 482 g/mol. The van der Waals surface area contributed by atoms with Gasteiger partial charge in [0.25, 0.3) is 0 Å². The lowest BCUT2D eigenvalue weighted by molar-refractivity contribution is 0.218. The van der Waals surface area contributed by atoms with Crippen molar-refractivity contribution in [2.45, 2.75) is 66.7 Å². The third-order valence-corrected chi connectivity index (χ3v) is 7.49. The van der Waals surface area contributed by atoms with Crippen molar-refractivity contribution in [3.8, 4) is 22.6 Å². The van der Waals surface area contributed by atoms with Gasteiger partial charge in [-0.25, -0.2) is 0 Å². The van der Waals surface area contributed by atoms with Gasteiger partial charge in [0.05, 0.1) is 13.2 Å². The first kappa shape index (κ1) is 26.1. The number of aryl methyl sites for hydroxylation is 1. The van der Waals surface area contributed by atoms with Crippen molar-refractivity contribution < 1.29 is 9.47 Å². The van der Waals surface area contributed by atoms with Crippen molar-refractivity contribution in [3.63, 3.8) is 0 Å². The first-order valence-corrected chi connectivity index (χ1v) is 13.9. The second-order valence-corrected chi connectivity index (χ2v) is 10.4. The highest BCUT2D eigenvalue weighted by Gasteiger charge is 2.18. The molecule has 2 atom stereocenters. The summed E-state index contributed by atoms with van der Waals surface area (Å²) in [4.78, 5) is 0. The smallest absolute Gasteiger partial charge is 0.161 e. The summed E-state index contributed by atoms with van der Waals surface area (Å²) in [5.74, 6) is 2.71. The summed E-state index contributed by atoms with van der Waals surface area (Å²) in [7, 11) is 0.